The highest BCUT2D eigenvalue weighted by molar-refractivity contribution is 7.99. The molecule has 0 spiro atoms. The van der Waals surface area contributed by atoms with Gasteiger partial charge in [-0.2, -0.15) is 5.26 Å². The van der Waals surface area contributed by atoms with Gasteiger partial charge < -0.3 is 10.2 Å². The zero-order valence-corrected chi connectivity index (χ0v) is 19.2. The van der Waals surface area contributed by atoms with Crippen molar-refractivity contribution >= 4 is 45.0 Å². The Morgan fingerprint density at radius 3 is 2.56 bits per heavy atom. The van der Waals surface area contributed by atoms with E-state index >= 15 is 0 Å². The number of sulfonamides is 1. The molecule has 2 aromatic carbocycles. The molecular formula is C22H22N4O4S2. The summed E-state index contributed by atoms with van der Waals surface area (Å²) in [5.41, 5.74) is 2.90. The number of amides is 2. The van der Waals surface area contributed by atoms with Gasteiger partial charge in [-0.15, -0.1) is 11.8 Å². The Bertz CT molecular complexity index is 1220. The van der Waals surface area contributed by atoms with Crippen LogP contribution >= 0.6 is 11.8 Å². The van der Waals surface area contributed by atoms with Crippen molar-refractivity contribution < 1.29 is 18.0 Å². The summed E-state index contributed by atoms with van der Waals surface area (Å²) in [4.78, 5) is 27.6. The van der Waals surface area contributed by atoms with E-state index in [1.54, 1.807) is 42.5 Å². The Kier molecular flexibility index (Phi) is 5.88. The minimum atomic E-state index is -3.40. The number of nitrogens with one attached hydrogen (secondary N) is 1. The van der Waals surface area contributed by atoms with Crippen LogP contribution in [-0.4, -0.2) is 55.1 Å². The van der Waals surface area contributed by atoms with E-state index in [4.69, 9.17) is 5.26 Å². The highest BCUT2D eigenvalue weighted by atomic mass is 32.2. The summed E-state index contributed by atoms with van der Waals surface area (Å²) in [5.74, 6) is 0.333. The fourth-order valence-electron chi connectivity index (χ4n) is 4.12. The van der Waals surface area contributed by atoms with Gasteiger partial charge in [-0.3, -0.25) is 13.9 Å². The Hall–Kier alpha value is -3.03. The van der Waals surface area contributed by atoms with Crippen molar-refractivity contribution in [3.05, 3.63) is 59.2 Å². The summed E-state index contributed by atoms with van der Waals surface area (Å²) in [6.07, 6.45) is 1.71. The van der Waals surface area contributed by atoms with Gasteiger partial charge in [0, 0.05) is 23.0 Å². The summed E-state index contributed by atoms with van der Waals surface area (Å²) in [5, 5.41) is 11.7. The molecule has 1 fully saturated rings. The van der Waals surface area contributed by atoms with Crippen molar-refractivity contribution in [3.8, 4) is 6.07 Å². The molecule has 0 aromatic heterocycles. The minimum Gasteiger partial charge on any atom is -0.324 e. The Labute approximate surface area is 191 Å². The van der Waals surface area contributed by atoms with E-state index < -0.39 is 16.1 Å². The van der Waals surface area contributed by atoms with Crippen molar-refractivity contribution in [2.45, 2.75) is 25.4 Å². The van der Waals surface area contributed by atoms with Gasteiger partial charge in [-0.25, -0.2) is 8.42 Å². The molecule has 2 aromatic rings. The number of carbonyl (C=O) groups is 2. The maximum absolute atomic E-state index is 13.2. The Balaban J connectivity index is 1.52. The third-order valence-electron chi connectivity index (χ3n) is 5.56. The summed E-state index contributed by atoms with van der Waals surface area (Å²) in [7, 11) is -3.40. The monoisotopic (exact) mass is 470 g/mol. The van der Waals surface area contributed by atoms with Gasteiger partial charge in [-0.05, 0) is 61.4 Å². The number of fused-ring (bicyclic) bond motifs is 1. The number of rotatable bonds is 4. The van der Waals surface area contributed by atoms with E-state index in [-0.39, 0.29) is 17.9 Å². The van der Waals surface area contributed by atoms with Crippen LogP contribution in [-0.2, 0) is 21.2 Å². The highest BCUT2D eigenvalue weighted by Gasteiger charge is 2.37. The molecule has 8 nitrogen and oxygen atoms in total. The van der Waals surface area contributed by atoms with Gasteiger partial charge in [0.25, 0.3) is 5.91 Å². The minimum absolute atomic E-state index is 0.210. The molecule has 2 aliphatic rings. The summed E-state index contributed by atoms with van der Waals surface area (Å²) in [6, 6.07) is 12.8. The fraction of sp³-hybridized carbons (Fsp3) is 0.318. The molecule has 0 aliphatic carbocycles. The third-order valence-corrected chi connectivity index (χ3v) is 7.85. The van der Waals surface area contributed by atoms with E-state index in [9.17, 15) is 18.0 Å². The molecule has 2 unspecified atom stereocenters. The number of nitrogens with zero attached hydrogens (tertiary/aromatic N) is 3. The lowest BCUT2D eigenvalue weighted by Crippen LogP contribution is -2.44. The lowest BCUT2D eigenvalue weighted by Gasteiger charge is -2.24. The molecule has 1 N–H and O–H groups in total. The Morgan fingerprint density at radius 1 is 1.19 bits per heavy atom. The molecule has 166 valence electrons. The van der Waals surface area contributed by atoms with Crippen LogP contribution in [0.3, 0.4) is 0 Å². The highest BCUT2D eigenvalue weighted by Crippen LogP contribution is 2.35. The molecule has 32 heavy (non-hydrogen) atoms. The lowest BCUT2D eigenvalue weighted by molar-refractivity contribution is -0.119. The molecule has 2 atom stereocenters. The van der Waals surface area contributed by atoms with Crippen LogP contribution in [0.5, 0.6) is 0 Å². The maximum Gasteiger partial charge on any atom is 0.255 e. The number of hydrogen-bond donors (Lipinski definition) is 1. The van der Waals surface area contributed by atoms with Crippen LogP contribution in [0.4, 0.5) is 11.4 Å². The predicted molar refractivity (Wildman–Crippen MR) is 124 cm³/mol. The van der Waals surface area contributed by atoms with E-state index in [0.717, 1.165) is 5.56 Å². The maximum atomic E-state index is 13.2. The topological polar surface area (TPSA) is 111 Å². The van der Waals surface area contributed by atoms with Crippen LogP contribution in [0.15, 0.2) is 42.5 Å². The van der Waals surface area contributed by atoms with Gasteiger partial charge in [-0.1, -0.05) is 0 Å². The quantitative estimate of drug-likeness (QED) is 0.735. The second-order valence-corrected chi connectivity index (χ2v) is 10.8. The van der Waals surface area contributed by atoms with Gasteiger partial charge in [0.15, 0.2) is 0 Å². The zero-order valence-electron chi connectivity index (χ0n) is 17.6. The van der Waals surface area contributed by atoms with Crippen molar-refractivity contribution in [1.29, 1.82) is 5.26 Å². The van der Waals surface area contributed by atoms with Crippen LogP contribution in [0, 0.1) is 11.3 Å². The molecule has 2 aliphatic heterocycles. The first-order chi connectivity index (χ1) is 15.2. The van der Waals surface area contributed by atoms with Crippen LogP contribution in [0.2, 0.25) is 0 Å². The van der Waals surface area contributed by atoms with E-state index in [0.29, 0.717) is 40.6 Å². The molecule has 0 saturated carbocycles. The molecule has 2 amide bonds. The third kappa shape index (κ3) is 4.18. The van der Waals surface area contributed by atoms with Crippen LogP contribution in [0.1, 0.15) is 28.4 Å². The van der Waals surface area contributed by atoms with Crippen LogP contribution < -0.4 is 9.62 Å². The molecule has 1 saturated heterocycles. The molecule has 10 heteroatoms. The largest absolute Gasteiger partial charge is 0.324 e. The number of hydrogen-bond acceptors (Lipinski definition) is 6. The van der Waals surface area contributed by atoms with Crippen molar-refractivity contribution in [1.82, 2.24) is 4.90 Å². The van der Waals surface area contributed by atoms with Gasteiger partial charge in [0.2, 0.25) is 15.9 Å². The average molecular weight is 471 g/mol. The lowest BCUT2D eigenvalue weighted by atomic mass is 10.1. The second-order valence-electron chi connectivity index (χ2n) is 7.92. The Morgan fingerprint density at radius 2 is 1.91 bits per heavy atom. The molecule has 4 rings (SSSR count). The van der Waals surface area contributed by atoms with E-state index in [1.165, 1.54) is 27.2 Å². The number of benzene rings is 2. The van der Waals surface area contributed by atoms with Crippen molar-refractivity contribution in [2.24, 2.45) is 0 Å². The van der Waals surface area contributed by atoms with Crippen LogP contribution in [0.25, 0.3) is 0 Å². The standard InChI is InChI=1S/C22H22N4O4S2/c1-14-9-17-10-16(5-8-19(17)26(14)32(2,29)30)22(28)25-13-31-12-20(25)21(27)24-18-6-3-15(11-23)4-7-18/h3-8,10,14,20H,9,12-13H2,1-2H3,(H,24,27). The first kappa shape index (κ1) is 22.2. The number of carbonyl (C=O) groups excluding carboxylic acids is 2. The van der Waals surface area contributed by atoms with Gasteiger partial charge in [0.05, 0.1) is 29.5 Å². The molecule has 0 bridgehead atoms. The number of anilines is 2. The number of nitriles is 1. The van der Waals surface area contributed by atoms with Gasteiger partial charge in [0.1, 0.15) is 6.04 Å². The number of thioether (sulfide) groups is 1. The summed E-state index contributed by atoms with van der Waals surface area (Å²) >= 11 is 1.50. The average Bonchev–Trinajstić information content (AvgIpc) is 3.36. The zero-order chi connectivity index (χ0) is 23.0. The summed E-state index contributed by atoms with van der Waals surface area (Å²) < 4.78 is 25.6. The normalized spacial score (nSPS) is 20.0. The van der Waals surface area contributed by atoms with Crippen molar-refractivity contribution in [2.75, 3.05) is 27.5 Å². The first-order valence-electron chi connectivity index (χ1n) is 10.0. The first-order valence-corrected chi connectivity index (χ1v) is 13.0. The second kappa shape index (κ2) is 8.48. The predicted octanol–water partition coefficient (Wildman–Crippen LogP) is 2.42. The van der Waals surface area contributed by atoms with Gasteiger partial charge >= 0.3 is 0 Å². The van der Waals surface area contributed by atoms with E-state index in [2.05, 4.69) is 5.32 Å². The summed E-state index contributed by atoms with van der Waals surface area (Å²) in [6.45, 7) is 1.84. The fourth-order valence-corrected chi connectivity index (χ4v) is 6.54. The molecular weight excluding hydrogens is 448 g/mol. The molecule has 0 radical (unpaired) electrons. The molecule has 2 heterocycles. The SMILES string of the molecule is CC1Cc2cc(C(=O)N3CSCC3C(=O)Nc3ccc(C#N)cc3)ccc2N1S(C)(=O)=O. The smallest absolute Gasteiger partial charge is 0.255 e. The van der Waals surface area contributed by atoms with Crippen molar-refractivity contribution in [3.63, 3.8) is 0 Å². The van der Waals surface area contributed by atoms with E-state index in [1.807, 2.05) is 13.0 Å².